The van der Waals surface area contributed by atoms with Crippen molar-refractivity contribution in [1.29, 1.82) is 0 Å². The molecule has 0 aromatic carbocycles. The summed E-state index contributed by atoms with van der Waals surface area (Å²) in [4.78, 5) is 0. The normalized spacial score (nSPS) is 11.7. The molecule has 0 spiro atoms. The molecule has 0 rings (SSSR count). The van der Waals surface area contributed by atoms with Crippen LogP contribution in [-0.2, 0) is 4.74 Å². The Balaban J connectivity index is 3.49. The fraction of sp³-hybridized carbons (Fsp3) is 0.750. The second-order valence-corrected chi connectivity index (χ2v) is 2.09. The highest BCUT2D eigenvalue weighted by molar-refractivity contribution is 4.91. The minimum atomic E-state index is 0.0217. The third-order valence-corrected chi connectivity index (χ3v) is 1.08. The van der Waals surface area contributed by atoms with Crippen LogP contribution in [0.3, 0.4) is 0 Å². The molecular formula is C8H16O2. The number of aliphatic hydroxyl groups excluding tert-OH is 1. The first-order valence-corrected chi connectivity index (χ1v) is 3.77. The lowest BCUT2D eigenvalue weighted by atomic mass is 10.4. The van der Waals surface area contributed by atoms with Gasteiger partial charge in [-0.2, -0.15) is 0 Å². The molecule has 0 atom stereocenters. The summed E-state index contributed by atoms with van der Waals surface area (Å²) in [6.45, 7) is 4.78. The highest BCUT2D eigenvalue weighted by atomic mass is 16.5. The Bertz CT molecular complexity index is 97.4. The van der Waals surface area contributed by atoms with E-state index >= 15 is 0 Å². The first-order valence-electron chi connectivity index (χ1n) is 3.77. The summed E-state index contributed by atoms with van der Waals surface area (Å²) in [6.07, 6.45) is 3.80. The predicted octanol–water partition coefficient (Wildman–Crippen LogP) is 1.70. The fourth-order valence-corrected chi connectivity index (χ4v) is 0.630. The number of ether oxygens (including phenoxy) is 1. The zero-order valence-electron chi connectivity index (χ0n) is 6.76. The van der Waals surface area contributed by atoms with Crippen LogP contribution >= 0.6 is 0 Å². The Morgan fingerprint density at radius 1 is 1.50 bits per heavy atom. The first-order chi connectivity index (χ1) is 4.85. The molecule has 0 aliphatic rings. The van der Waals surface area contributed by atoms with Gasteiger partial charge in [-0.3, -0.25) is 0 Å². The van der Waals surface area contributed by atoms with Crippen LogP contribution in [0.5, 0.6) is 0 Å². The lowest BCUT2D eigenvalue weighted by Gasteiger charge is -2.05. The van der Waals surface area contributed by atoms with E-state index in [9.17, 15) is 0 Å². The molecule has 0 aromatic rings. The van der Waals surface area contributed by atoms with Crippen LogP contribution in [0.1, 0.15) is 26.7 Å². The highest BCUT2D eigenvalue weighted by Crippen LogP contribution is 1.98. The largest absolute Gasteiger partial charge is 0.496 e. The Morgan fingerprint density at radius 2 is 2.20 bits per heavy atom. The Morgan fingerprint density at radius 3 is 2.60 bits per heavy atom. The van der Waals surface area contributed by atoms with Crippen molar-refractivity contribution in [3.05, 3.63) is 11.8 Å². The molecule has 0 aromatic heterocycles. The SMILES string of the molecule is CCC=C(CO)OCCC. The summed E-state index contributed by atoms with van der Waals surface area (Å²) in [5, 5.41) is 8.69. The predicted molar refractivity (Wildman–Crippen MR) is 41.7 cm³/mol. The minimum Gasteiger partial charge on any atom is -0.496 e. The van der Waals surface area contributed by atoms with E-state index in [1.54, 1.807) is 0 Å². The van der Waals surface area contributed by atoms with E-state index < -0.39 is 0 Å². The van der Waals surface area contributed by atoms with E-state index in [0.717, 1.165) is 12.8 Å². The molecule has 0 heterocycles. The van der Waals surface area contributed by atoms with Crippen LogP contribution in [-0.4, -0.2) is 18.3 Å². The lowest BCUT2D eigenvalue weighted by Crippen LogP contribution is -1.97. The van der Waals surface area contributed by atoms with Gasteiger partial charge in [-0.15, -0.1) is 0 Å². The van der Waals surface area contributed by atoms with Crippen molar-refractivity contribution < 1.29 is 9.84 Å². The van der Waals surface area contributed by atoms with Crippen molar-refractivity contribution >= 4 is 0 Å². The lowest BCUT2D eigenvalue weighted by molar-refractivity contribution is 0.160. The number of allylic oxidation sites excluding steroid dienone is 1. The standard InChI is InChI=1S/C8H16O2/c1-3-5-8(7-9)10-6-4-2/h5,9H,3-4,6-7H2,1-2H3. The molecule has 0 fully saturated rings. The summed E-state index contributed by atoms with van der Waals surface area (Å²) in [5.74, 6) is 0.698. The number of rotatable bonds is 5. The molecule has 0 bridgehead atoms. The van der Waals surface area contributed by atoms with Crippen LogP contribution in [0.15, 0.2) is 11.8 Å². The van der Waals surface area contributed by atoms with Gasteiger partial charge in [-0.1, -0.05) is 13.8 Å². The van der Waals surface area contributed by atoms with Gasteiger partial charge in [0.05, 0.1) is 6.61 Å². The van der Waals surface area contributed by atoms with Gasteiger partial charge in [0.2, 0.25) is 0 Å². The molecule has 0 saturated heterocycles. The van der Waals surface area contributed by atoms with Gasteiger partial charge in [0.25, 0.3) is 0 Å². The molecule has 0 unspecified atom stereocenters. The average Bonchev–Trinajstić information content (AvgIpc) is 1.98. The average molecular weight is 144 g/mol. The van der Waals surface area contributed by atoms with Crippen molar-refractivity contribution in [1.82, 2.24) is 0 Å². The van der Waals surface area contributed by atoms with Gasteiger partial charge in [0, 0.05) is 0 Å². The fourth-order valence-electron chi connectivity index (χ4n) is 0.630. The van der Waals surface area contributed by atoms with E-state index in [2.05, 4.69) is 0 Å². The molecule has 1 N–H and O–H groups in total. The molecular weight excluding hydrogens is 128 g/mol. The summed E-state index contributed by atoms with van der Waals surface area (Å²) in [7, 11) is 0. The molecule has 0 amide bonds. The maximum Gasteiger partial charge on any atom is 0.117 e. The van der Waals surface area contributed by atoms with Crippen LogP contribution in [0.25, 0.3) is 0 Å². The van der Waals surface area contributed by atoms with Gasteiger partial charge in [-0.25, -0.2) is 0 Å². The monoisotopic (exact) mass is 144 g/mol. The van der Waals surface area contributed by atoms with Crippen molar-refractivity contribution in [2.24, 2.45) is 0 Å². The van der Waals surface area contributed by atoms with E-state index in [1.807, 2.05) is 19.9 Å². The molecule has 60 valence electrons. The second-order valence-electron chi connectivity index (χ2n) is 2.09. The van der Waals surface area contributed by atoms with Crippen molar-refractivity contribution in [3.63, 3.8) is 0 Å². The van der Waals surface area contributed by atoms with Crippen LogP contribution in [0, 0.1) is 0 Å². The van der Waals surface area contributed by atoms with Crippen LogP contribution in [0.4, 0.5) is 0 Å². The third kappa shape index (κ3) is 4.39. The van der Waals surface area contributed by atoms with E-state index in [0.29, 0.717) is 12.4 Å². The molecule has 2 heteroatoms. The summed E-state index contributed by atoms with van der Waals surface area (Å²) in [5.41, 5.74) is 0. The van der Waals surface area contributed by atoms with E-state index in [-0.39, 0.29) is 6.61 Å². The minimum absolute atomic E-state index is 0.0217. The first kappa shape index (κ1) is 9.50. The van der Waals surface area contributed by atoms with Crippen LogP contribution in [0.2, 0.25) is 0 Å². The topological polar surface area (TPSA) is 29.5 Å². The molecule has 0 aliphatic carbocycles. The maximum atomic E-state index is 8.69. The number of aliphatic hydroxyl groups is 1. The maximum absolute atomic E-state index is 8.69. The molecule has 0 radical (unpaired) electrons. The van der Waals surface area contributed by atoms with Gasteiger partial charge < -0.3 is 9.84 Å². The molecule has 10 heavy (non-hydrogen) atoms. The summed E-state index contributed by atoms with van der Waals surface area (Å²) in [6, 6.07) is 0. The van der Waals surface area contributed by atoms with Gasteiger partial charge in [0.1, 0.15) is 12.4 Å². The van der Waals surface area contributed by atoms with Crippen LogP contribution < -0.4 is 0 Å². The van der Waals surface area contributed by atoms with Gasteiger partial charge in [-0.05, 0) is 18.9 Å². The van der Waals surface area contributed by atoms with Gasteiger partial charge >= 0.3 is 0 Å². The van der Waals surface area contributed by atoms with E-state index in [4.69, 9.17) is 9.84 Å². The summed E-state index contributed by atoms with van der Waals surface area (Å²) < 4.78 is 5.19. The highest BCUT2D eigenvalue weighted by Gasteiger charge is 1.91. The second kappa shape index (κ2) is 6.62. The smallest absolute Gasteiger partial charge is 0.117 e. The zero-order valence-corrected chi connectivity index (χ0v) is 6.76. The quantitative estimate of drug-likeness (QED) is 0.595. The Labute approximate surface area is 62.5 Å². The molecule has 0 saturated carbocycles. The third-order valence-electron chi connectivity index (χ3n) is 1.08. The summed E-state index contributed by atoms with van der Waals surface area (Å²) >= 11 is 0. The molecule has 2 nitrogen and oxygen atoms in total. The Kier molecular flexibility index (Phi) is 6.29. The van der Waals surface area contributed by atoms with E-state index in [1.165, 1.54) is 0 Å². The van der Waals surface area contributed by atoms with Crippen molar-refractivity contribution in [2.45, 2.75) is 26.7 Å². The Hall–Kier alpha value is -0.500. The van der Waals surface area contributed by atoms with Gasteiger partial charge in [0.15, 0.2) is 0 Å². The number of hydrogen-bond acceptors (Lipinski definition) is 2. The van der Waals surface area contributed by atoms with Crippen molar-refractivity contribution in [3.8, 4) is 0 Å². The zero-order chi connectivity index (χ0) is 7.82. The number of hydrogen-bond donors (Lipinski definition) is 1. The van der Waals surface area contributed by atoms with Crippen molar-refractivity contribution in [2.75, 3.05) is 13.2 Å². The molecule has 0 aliphatic heterocycles.